The fourth-order valence-electron chi connectivity index (χ4n) is 2.03. The molecular weight excluding hydrogens is 252 g/mol. The molecule has 0 saturated carbocycles. The van der Waals surface area contributed by atoms with Crippen molar-refractivity contribution in [2.75, 3.05) is 20.8 Å². The van der Waals surface area contributed by atoms with E-state index in [1.165, 1.54) is 0 Å². The summed E-state index contributed by atoms with van der Waals surface area (Å²) < 4.78 is 11.3. The maximum Gasteiger partial charge on any atom is 0.165 e. The number of nitrogens with one attached hydrogen (secondary N) is 1. The van der Waals surface area contributed by atoms with Gasteiger partial charge in [0.15, 0.2) is 11.5 Å². The maximum atomic E-state index is 5.92. The van der Waals surface area contributed by atoms with Crippen LogP contribution in [0.25, 0.3) is 0 Å². The van der Waals surface area contributed by atoms with Crippen molar-refractivity contribution < 1.29 is 9.47 Å². The molecule has 20 heavy (non-hydrogen) atoms. The SMILES string of the molecule is CNCc1cccc(OC)c1OCCc1cccnc1. The first-order valence-electron chi connectivity index (χ1n) is 6.67. The molecule has 1 heterocycles. The predicted octanol–water partition coefficient (Wildman–Crippen LogP) is 2.43. The van der Waals surface area contributed by atoms with Gasteiger partial charge in [-0.1, -0.05) is 18.2 Å². The van der Waals surface area contributed by atoms with Crippen LogP contribution in [0.5, 0.6) is 11.5 Å². The molecule has 1 N–H and O–H groups in total. The van der Waals surface area contributed by atoms with Gasteiger partial charge < -0.3 is 14.8 Å². The number of ether oxygens (including phenoxy) is 2. The lowest BCUT2D eigenvalue weighted by Crippen LogP contribution is -2.10. The van der Waals surface area contributed by atoms with Crippen LogP contribution in [0.3, 0.4) is 0 Å². The molecule has 4 heteroatoms. The van der Waals surface area contributed by atoms with E-state index in [-0.39, 0.29) is 0 Å². The van der Waals surface area contributed by atoms with Gasteiger partial charge in [0.1, 0.15) is 0 Å². The fraction of sp³-hybridized carbons (Fsp3) is 0.312. The highest BCUT2D eigenvalue weighted by molar-refractivity contribution is 5.46. The van der Waals surface area contributed by atoms with Crippen LogP contribution in [0, 0.1) is 0 Å². The lowest BCUT2D eigenvalue weighted by molar-refractivity contribution is 0.294. The first kappa shape index (κ1) is 14.3. The summed E-state index contributed by atoms with van der Waals surface area (Å²) in [5, 5.41) is 3.14. The Morgan fingerprint density at radius 1 is 1.20 bits per heavy atom. The normalized spacial score (nSPS) is 10.3. The number of methoxy groups -OCH3 is 1. The van der Waals surface area contributed by atoms with Gasteiger partial charge >= 0.3 is 0 Å². The number of hydrogen-bond acceptors (Lipinski definition) is 4. The van der Waals surface area contributed by atoms with Crippen molar-refractivity contribution in [3.05, 3.63) is 53.9 Å². The number of para-hydroxylation sites is 1. The Hall–Kier alpha value is -2.07. The Labute approximate surface area is 119 Å². The molecule has 0 aliphatic rings. The zero-order valence-corrected chi connectivity index (χ0v) is 11.9. The third kappa shape index (κ3) is 3.71. The van der Waals surface area contributed by atoms with E-state index < -0.39 is 0 Å². The summed E-state index contributed by atoms with van der Waals surface area (Å²) in [5.74, 6) is 1.58. The minimum Gasteiger partial charge on any atom is -0.493 e. The van der Waals surface area contributed by atoms with Gasteiger partial charge in [0.05, 0.1) is 13.7 Å². The summed E-state index contributed by atoms with van der Waals surface area (Å²) in [7, 11) is 3.57. The van der Waals surface area contributed by atoms with Crippen LogP contribution in [0.4, 0.5) is 0 Å². The third-order valence-corrected chi connectivity index (χ3v) is 3.01. The number of pyridine rings is 1. The van der Waals surface area contributed by atoms with E-state index in [0.29, 0.717) is 6.61 Å². The number of rotatable bonds is 7. The molecular formula is C16H20N2O2. The molecule has 0 spiro atoms. The van der Waals surface area contributed by atoms with E-state index in [9.17, 15) is 0 Å². The Bertz CT molecular complexity index is 529. The highest BCUT2D eigenvalue weighted by Gasteiger charge is 2.09. The minimum absolute atomic E-state index is 0.600. The molecule has 1 aromatic carbocycles. The summed E-state index contributed by atoms with van der Waals surface area (Å²) in [6.07, 6.45) is 4.46. The first-order valence-corrected chi connectivity index (χ1v) is 6.67. The molecule has 0 atom stereocenters. The number of hydrogen-bond donors (Lipinski definition) is 1. The van der Waals surface area contributed by atoms with Crippen molar-refractivity contribution in [2.45, 2.75) is 13.0 Å². The van der Waals surface area contributed by atoms with Crippen molar-refractivity contribution in [1.82, 2.24) is 10.3 Å². The lowest BCUT2D eigenvalue weighted by atomic mass is 10.2. The van der Waals surface area contributed by atoms with Crippen molar-refractivity contribution in [3.8, 4) is 11.5 Å². The second-order valence-electron chi connectivity index (χ2n) is 4.44. The van der Waals surface area contributed by atoms with Crippen LogP contribution in [0.1, 0.15) is 11.1 Å². The second-order valence-corrected chi connectivity index (χ2v) is 4.44. The molecule has 1 aromatic heterocycles. The Morgan fingerprint density at radius 2 is 2.10 bits per heavy atom. The molecule has 0 saturated heterocycles. The van der Waals surface area contributed by atoms with Crippen LogP contribution in [-0.2, 0) is 13.0 Å². The summed E-state index contributed by atoms with van der Waals surface area (Å²) in [4.78, 5) is 4.10. The molecule has 4 nitrogen and oxygen atoms in total. The Balaban J connectivity index is 2.04. The standard InChI is InChI=1S/C16H20N2O2/c1-17-12-14-6-3-7-15(19-2)16(14)20-10-8-13-5-4-9-18-11-13/h3-7,9,11,17H,8,10,12H2,1-2H3. The fourth-order valence-corrected chi connectivity index (χ4v) is 2.03. The molecule has 106 valence electrons. The minimum atomic E-state index is 0.600. The van der Waals surface area contributed by atoms with Crippen molar-refractivity contribution >= 4 is 0 Å². The topological polar surface area (TPSA) is 43.4 Å². The van der Waals surface area contributed by atoms with Gasteiger partial charge in [-0.2, -0.15) is 0 Å². The van der Waals surface area contributed by atoms with Gasteiger partial charge in [-0.15, -0.1) is 0 Å². The third-order valence-electron chi connectivity index (χ3n) is 3.01. The van der Waals surface area contributed by atoms with E-state index in [1.54, 1.807) is 13.3 Å². The second kappa shape index (κ2) is 7.50. The average molecular weight is 272 g/mol. The molecule has 0 fully saturated rings. The van der Waals surface area contributed by atoms with Crippen molar-refractivity contribution in [3.63, 3.8) is 0 Å². The smallest absolute Gasteiger partial charge is 0.165 e. The quantitative estimate of drug-likeness (QED) is 0.840. The molecule has 0 amide bonds. The Kier molecular flexibility index (Phi) is 5.38. The van der Waals surface area contributed by atoms with Crippen molar-refractivity contribution in [2.24, 2.45) is 0 Å². The van der Waals surface area contributed by atoms with E-state index in [2.05, 4.69) is 10.3 Å². The largest absolute Gasteiger partial charge is 0.493 e. The Morgan fingerprint density at radius 3 is 2.80 bits per heavy atom. The van der Waals surface area contributed by atoms with Gasteiger partial charge in [-0.3, -0.25) is 4.98 Å². The van der Waals surface area contributed by atoms with E-state index >= 15 is 0 Å². The summed E-state index contributed by atoms with van der Waals surface area (Å²) in [6.45, 7) is 1.35. The molecule has 0 radical (unpaired) electrons. The number of nitrogens with zero attached hydrogens (tertiary/aromatic N) is 1. The summed E-state index contributed by atoms with van der Waals surface area (Å²) in [5.41, 5.74) is 2.26. The van der Waals surface area contributed by atoms with Crippen LogP contribution in [-0.4, -0.2) is 25.7 Å². The highest BCUT2D eigenvalue weighted by atomic mass is 16.5. The zero-order chi connectivity index (χ0) is 14.2. The zero-order valence-electron chi connectivity index (χ0n) is 11.9. The monoisotopic (exact) mass is 272 g/mol. The van der Waals surface area contributed by atoms with Gasteiger partial charge in [-0.25, -0.2) is 0 Å². The van der Waals surface area contributed by atoms with E-state index in [4.69, 9.17) is 9.47 Å². The van der Waals surface area contributed by atoms with Crippen LogP contribution < -0.4 is 14.8 Å². The molecule has 0 aliphatic carbocycles. The van der Waals surface area contributed by atoms with Gasteiger partial charge in [0, 0.05) is 30.9 Å². The first-order chi connectivity index (χ1) is 9.85. The molecule has 0 aliphatic heterocycles. The van der Waals surface area contributed by atoms with Gasteiger partial charge in [0.2, 0.25) is 0 Å². The van der Waals surface area contributed by atoms with Crippen LogP contribution in [0.2, 0.25) is 0 Å². The highest BCUT2D eigenvalue weighted by Crippen LogP contribution is 2.31. The van der Waals surface area contributed by atoms with E-state index in [1.807, 2.05) is 43.6 Å². The lowest BCUT2D eigenvalue weighted by Gasteiger charge is -2.15. The maximum absolute atomic E-state index is 5.92. The summed E-state index contributed by atoms with van der Waals surface area (Å²) in [6, 6.07) is 9.91. The van der Waals surface area contributed by atoms with E-state index in [0.717, 1.165) is 35.6 Å². The molecule has 0 unspecified atom stereocenters. The van der Waals surface area contributed by atoms with Crippen molar-refractivity contribution in [1.29, 1.82) is 0 Å². The predicted molar refractivity (Wildman–Crippen MR) is 79.2 cm³/mol. The van der Waals surface area contributed by atoms with Crippen LogP contribution in [0.15, 0.2) is 42.7 Å². The van der Waals surface area contributed by atoms with Gasteiger partial charge in [-0.05, 0) is 24.7 Å². The molecule has 2 aromatic rings. The average Bonchev–Trinajstić information content (AvgIpc) is 2.50. The summed E-state index contributed by atoms with van der Waals surface area (Å²) >= 11 is 0. The number of benzene rings is 1. The molecule has 0 bridgehead atoms. The van der Waals surface area contributed by atoms with Gasteiger partial charge in [0.25, 0.3) is 0 Å². The molecule has 2 rings (SSSR count). The van der Waals surface area contributed by atoms with Crippen LogP contribution >= 0.6 is 0 Å². The number of aromatic nitrogens is 1.